The minimum absolute atomic E-state index is 0.0482. The molecule has 0 aromatic carbocycles. The molecular formula is C10H23O4P. The van der Waals surface area contributed by atoms with Crippen LogP contribution in [-0.2, 0) is 9.09 Å². The van der Waals surface area contributed by atoms with Crippen molar-refractivity contribution in [3.63, 3.8) is 0 Å². The number of rotatable bonds is 3. The van der Waals surface area contributed by atoms with Crippen molar-refractivity contribution in [2.45, 2.75) is 41.5 Å². The first kappa shape index (κ1) is 15.1. The molecule has 5 heteroatoms. The predicted octanol–water partition coefficient (Wildman–Crippen LogP) is 2.80. The van der Waals surface area contributed by atoms with Crippen LogP contribution in [0.4, 0.5) is 0 Å². The van der Waals surface area contributed by atoms with Crippen LogP contribution in [0.2, 0.25) is 0 Å². The Bertz CT molecular complexity index is 229. The Kier molecular flexibility index (Phi) is 4.57. The van der Waals surface area contributed by atoms with Crippen LogP contribution in [0.3, 0.4) is 0 Å². The summed E-state index contributed by atoms with van der Waals surface area (Å²) in [5.74, 6) is 0.0811. The molecule has 0 unspecified atom stereocenters. The third kappa shape index (κ3) is 6.31. The fourth-order valence-electron chi connectivity index (χ4n) is 1.97. The zero-order valence-corrected chi connectivity index (χ0v) is 11.3. The first-order valence-electron chi connectivity index (χ1n) is 5.04. The van der Waals surface area contributed by atoms with E-state index < -0.39 is 7.82 Å². The molecule has 0 aromatic rings. The molecule has 0 amide bonds. The highest BCUT2D eigenvalue weighted by atomic mass is 31.2. The third-order valence-corrected chi connectivity index (χ3v) is 2.99. The highest BCUT2D eigenvalue weighted by molar-refractivity contribution is 7.46. The van der Waals surface area contributed by atoms with E-state index in [4.69, 9.17) is 9.79 Å². The largest absolute Gasteiger partial charge is 0.469 e. The molecule has 0 aliphatic carbocycles. The van der Waals surface area contributed by atoms with E-state index in [9.17, 15) is 4.57 Å². The molecule has 0 rings (SSSR count). The molecule has 0 atom stereocenters. The van der Waals surface area contributed by atoms with Crippen molar-refractivity contribution in [3.8, 4) is 0 Å². The fourth-order valence-corrected chi connectivity index (χ4v) is 2.31. The summed E-state index contributed by atoms with van der Waals surface area (Å²) >= 11 is 0. The SMILES string of the molecule is CC(C)(C)C(COP(=O)(O)O)C(C)(C)C. The highest BCUT2D eigenvalue weighted by Gasteiger charge is 2.36. The Morgan fingerprint density at radius 1 is 1.07 bits per heavy atom. The predicted molar refractivity (Wildman–Crippen MR) is 60.4 cm³/mol. The summed E-state index contributed by atoms with van der Waals surface area (Å²) in [7, 11) is -4.36. The lowest BCUT2D eigenvalue weighted by atomic mass is 9.67. The topological polar surface area (TPSA) is 66.8 Å². The van der Waals surface area contributed by atoms with E-state index in [0.717, 1.165) is 0 Å². The van der Waals surface area contributed by atoms with E-state index in [1.54, 1.807) is 0 Å². The van der Waals surface area contributed by atoms with Crippen molar-refractivity contribution < 1.29 is 18.9 Å². The van der Waals surface area contributed by atoms with Crippen LogP contribution in [-0.4, -0.2) is 16.4 Å². The second-order valence-corrected chi connectivity index (χ2v) is 7.31. The number of phosphoric ester groups is 1. The zero-order valence-electron chi connectivity index (χ0n) is 10.4. The van der Waals surface area contributed by atoms with Crippen molar-refractivity contribution in [3.05, 3.63) is 0 Å². The lowest BCUT2D eigenvalue weighted by Crippen LogP contribution is -2.35. The molecule has 92 valence electrons. The lowest BCUT2D eigenvalue weighted by molar-refractivity contribution is 0.0378. The molecule has 0 fully saturated rings. The van der Waals surface area contributed by atoms with Gasteiger partial charge in [-0.15, -0.1) is 0 Å². The molecule has 0 spiro atoms. The van der Waals surface area contributed by atoms with Crippen LogP contribution < -0.4 is 0 Å². The highest BCUT2D eigenvalue weighted by Crippen LogP contribution is 2.44. The number of hydrogen-bond acceptors (Lipinski definition) is 2. The number of hydrogen-bond donors (Lipinski definition) is 2. The van der Waals surface area contributed by atoms with Crippen LogP contribution in [0.5, 0.6) is 0 Å². The molecule has 0 heterocycles. The molecular weight excluding hydrogens is 215 g/mol. The molecule has 0 radical (unpaired) electrons. The van der Waals surface area contributed by atoms with Crippen LogP contribution in [0.15, 0.2) is 0 Å². The summed E-state index contributed by atoms with van der Waals surface area (Å²) in [5, 5.41) is 0. The van der Waals surface area contributed by atoms with E-state index in [2.05, 4.69) is 4.52 Å². The standard InChI is InChI=1S/C10H23O4P/c1-9(2,3)8(10(4,5)6)7-14-15(11,12)13/h8H,7H2,1-6H3,(H2,11,12,13). The van der Waals surface area contributed by atoms with Gasteiger partial charge in [0.2, 0.25) is 0 Å². The molecule has 0 saturated heterocycles. The molecule has 0 aromatic heterocycles. The lowest BCUT2D eigenvalue weighted by Gasteiger charge is -2.40. The molecule has 0 aliphatic rings. The quantitative estimate of drug-likeness (QED) is 0.742. The van der Waals surface area contributed by atoms with Crippen molar-refractivity contribution in [1.29, 1.82) is 0 Å². The first-order valence-corrected chi connectivity index (χ1v) is 6.57. The second kappa shape index (κ2) is 4.54. The van der Waals surface area contributed by atoms with Gasteiger partial charge in [-0.3, -0.25) is 4.52 Å². The number of phosphoric acid groups is 1. The minimum atomic E-state index is -4.36. The Labute approximate surface area is 92.3 Å². The first-order chi connectivity index (χ1) is 6.34. The van der Waals surface area contributed by atoms with Crippen LogP contribution >= 0.6 is 7.82 Å². The van der Waals surface area contributed by atoms with Gasteiger partial charge in [0.15, 0.2) is 0 Å². The summed E-state index contributed by atoms with van der Waals surface area (Å²) < 4.78 is 15.3. The van der Waals surface area contributed by atoms with Gasteiger partial charge in [0.1, 0.15) is 0 Å². The molecule has 15 heavy (non-hydrogen) atoms. The normalized spacial score (nSPS) is 14.7. The average Bonchev–Trinajstić information content (AvgIpc) is 1.75. The third-order valence-electron chi connectivity index (χ3n) is 2.50. The maximum atomic E-state index is 10.7. The Balaban J connectivity index is 4.64. The van der Waals surface area contributed by atoms with Crippen molar-refractivity contribution >= 4 is 7.82 Å². The summed E-state index contributed by atoms with van der Waals surface area (Å²) in [5.41, 5.74) is -0.0964. The van der Waals surface area contributed by atoms with E-state index >= 15 is 0 Å². The van der Waals surface area contributed by atoms with Gasteiger partial charge in [-0.05, 0) is 16.7 Å². The van der Waals surface area contributed by atoms with Gasteiger partial charge in [-0.2, -0.15) is 0 Å². The van der Waals surface area contributed by atoms with E-state index in [0.29, 0.717) is 0 Å². The van der Waals surface area contributed by atoms with E-state index in [1.165, 1.54) is 0 Å². The second-order valence-electron chi connectivity index (χ2n) is 6.07. The molecule has 0 aliphatic heterocycles. The van der Waals surface area contributed by atoms with E-state index in [-0.39, 0.29) is 23.4 Å². The maximum absolute atomic E-state index is 10.7. The maximum Gasteiger partial charge on any atom is 0.469 e. The van der Waals surface area contributed by atoms with Crippen LogP contribution in [0, 0.1) is 16.7 Å². The summed E-state index contributed by atoms with van der Waals surface area (Å²) in [4.78, 5) is 17.4. The monoisotopic (exact) mass is 238 g/mol. The van der Waals surface area contributed by atoms with Gasteiger partial charge in [0.05, 0.1) is 6.61 Å². The molecule has 0 bridgehead atoms. The molecule has 2 N–H and O–H groups in total. The Morgan fingerprint density at radius 2 is 1.40 bits per heavy atom. The van der Waals surface area contributed by atoms with Crippen LogP contribution in [0.25, 0.3) is 0 Å². The molecule has 4 nitrogen and oxygen atoms in total. The van der Waals surface area contributed by atoms with Gasteiger partial charge < -0.3 is 9.79 Å². The summed E-state index contributed by atoms with van der Waals surface area (Å²) in [6, 6.07) is 0. The minimum Gasteiger partial charge on any atom is -0.303 e. The summed E-state index contributed by atoms with van der Waals surface area (Å²) in [6.45, 7) is 12.4. The van der Waals surface area contributed by atoms with Crippen molar-refractivity contribution in [1.82, 2.24) is 0 Å². The van der Waals surface area contributed by atoms with Gasteiger partial charge in [-0.1, -0.05) is 41.5 Å². The van der Waals surface area contributed by atoms with Gasteiger partial charge in [-0.25, -0.2) is 4.57 Å². The van der Waals surface area contributed by atoms with Gasteiger partial charge in [0.25, 0.3) is 0 Å². The van der Waals surface area contributed by atoms with E-state index in [1.807, 2.05) is 41.5 Å². The zero-order chi connectivity index (χ0) is 12.5. The molecule has 0 saturated carbocycles. The van der Waals surface area contributed by atoms with Crippen molar-refractivity contribution in [2.24, 2.45) is 16.7 Å². The van der Waals surface area contributed by atoms with Crippen LogP contribution in [0.1, 0.15) is 41.5 Å². The smallest absolute Gasteiger partial charge is 0.303 e. The fraction of sp³-hybridized carbons (Fsp3) is 1.00. The van der Waals surface area contributed by atoms with Gasteiger partial charge in [0, 0.05) is 0 Å². The Morgan fingerprint density at radius 3 is 1.60 bits per heavy atom. The van der Waals surface area contributed by atoms with Gasteiger partial charge >= 0.3 is 7.82 Å². The van der Waals surface area contributed by atoms with Crippen molar-refractivity contribution in [2.75, 3.05) is 6.61 Å². The Hall–Kier alpha value is 0.110. The summed E-state index contributed by atoms with van der Waals surface area (Å²) in [6.07, 6.45) is 0. The average molecular weight is 238 g/mol.